The SMILES string of the molecule is C=CCn1c(O[C@@H]2CO[C@@H]3[C@@H]2OC[C@H]3OCC(C)(C)[SiH](C)C)nc2nc(-c3ccc(N4CCCC4)cc3)c(Cl)cc21. The highest BCUT2D eigenvalue weighted by Crippen LogP contribution is 2.36. The van der Waals surface area contributed by atoms with Gasteiger partial charge in [-0.1, -0.05) is 56.8 Å². The van der Waals surface area contributed by atoms with Gasteiger partial charge in [0, 0.05) is 46.3 Å². The molecule has 3 fully saturated rings. The lowest BCUT2D eigenvalue weighted by atomic mass is 10.1. The third-order valence-corrected chi connectivity index (χ3v) is 12.6. The predicted octanol–water partition coefficient (Wildman–Crippen LogP) is 5.74. The second kappa shape index (κ2) is 11.7. The number of imidazole rings is 1. The lowest BCUT2D eigenvalue weighted by Gasteiger charge is -2.30. The molecule has 5 heterocycles. The number of anilines is 1. The third-order valence-electron chi connectivity index (χ3n) is 9.04. The highest BCUT2D eigenvalue weighted by atomic mass is 35.5. The van der Waals surface area contributed by atoms with Crippen molar-refractivity contribution < 1.29 is 18.9 Å². The number of hydrogen-bond donors (Lipinski definition) is 0. The van der Waals surface area contributed by atoms with Crippen molar-refractivity contribution in [2.45, 2.75) is 75.8 Å². The van der Waals surface area contributed by atoms with E-state index in [2.05, 4.69) is 62.7 Å². The van der Waals surface area contributed by atoms with Gasteiger partial charge >= 0.3 is 0 Å². The zero-order valence-electron chi connectivity index (χ0n) is 24.5. The molecular weight excluding hydrogens is 556 g/mol. The molecule has 4 atom stereocenters. The van der Waals surface area contributed by atoms with Crippen molar-refractivity contribution in [3.63, 3.8) is 0 Å². The summed E-state index contributed by atoms with van der Waals surface area (Å²) in [6, 6.07) is 10.8. The lowest BCUT2D eigenvalue weighted by Crippen LogP contribution is -2.37. The van der Waals surface area contributed by atoms with Crippen molar-refractivity contribution in [2.75, 3.05) is 37.8 Å². The molecule has 0 unspecified atom stereocenters. The van der Waals surface area contributed by atoms with E-state index in [1.165, 1.54) is 18.5 Å². The van der Waals surface area contributed by atoms with Crippen LogP contribution in [0.4, 0.5) is 5.69 Å². The summed E-state index contributed by atoms with van der Waals surface area (Å²) in [5.74, 6) is 0. The molecule has 3 aliphatic heterocycles. The maximum atomic E-state index is 6.79. The summed E-state index contributed by atoms with van der Waals surface area (Å²) in [5, 5.41) is 0.782. The highest BCUT2D eigenvalue weighted by molar-refractivity contribution is 6.59. The number of ether oxygens (including phenoxy) is 4. The largest absolute Gasteiger partial charge is 0.456 e. The van der Waals surface area contributed by atoms with Gasteiger partial charge in [0.1, 0.15) is 18.3 Å². The van der Waals surface area contributed by atoms with Gasteiger partial charge in [0.2, 0.25) is 0 Å². The molecule has 0 N–H and O–H groups in total. The summed E-state index contributed by atoms with van der Waals surface area (Å²) in [6.07, 6.45) is 3.56. The molecule has 3 saturated heterocycles. The maximum Gasteiger partial charge on any atom is 0.299 e. The molecular formula is C31H41ClN4O4Si. The Bertz CT molecular complexity index is 1390. The van der Waals surface area contributed by atoms with Crippen LogP contribution < -0.4 is 9.64 Å². The average molecular weight is 597 g/mol. The van der Waals surface area contributed by atoms with E-state index < -0.39 is 8.80 Å². The van der Waals surface area contributed by atoms with Crippen LogP contribution in [-0.4, -0.2) is 80.7 Å². The molecule has 8 nitrogen and oxygen atoms in total. The van der Waals surface area contributed by atoms with E-state index >= 15 is 0 Å². The van der Waals surface area contributed by atoms with Crippen LogP contribution in [0.3, 0.4) is 0 Å². The molecule has 0 aliphatic carbocycles. The zero-order chi connectivity index (χ0) is 28.7. The number of fused-ring (bicyclic) bond motifs is 2. The van der Waals surface area contributed by atoms with Crippen molar-refractivity contribution in [3.8, 4) is 17.3 Å². The minimum absolute atomic E-state index is 0.0903. The molecule has 2 aromatic heterocycles. The molecule has 3 aromatic rings. The van der Waals surface area contributed by atoms with Crippen molar-refractivity contribution in [1.82, 2.24) is 14.5 Å². The van der Waals surface area contributed by atoms with Gasteiger partial charge in [0.05, 0.1) is 29.4 Å². The number of halogens is 1. The van der Waals surface area contributed by atoms with E-state index in [0.717, 1.165) is 24.2 Å². The first-order valence-corrected chi connectivity index (χ1v) is 18.1. The average Bonchev–Trinajstić information content (AvgIpc) is 3.75. The Kier molecular flexibility index (Phi) is 8.17. The van der Waals surface area contributed by atoms with Gasteiger partial charge in [0.15, 0.2) is 11.8 Å². The summed E-state index contributed by atoms with van der Waals surface area (Å²) < 4.78 is 27.1. The number of nitrogens with zero attached hydrogens (tertiary/aromatic N) is 4. The van der Waals surface area contributed by atoms with Crippen LogP contribution in [0.25, 0.3) is 22.4 Å². The summed E-state index contributed by atoms with van der Waals surface area (Å²) >= 11 is 6.79. The van der Waals surface area contributed by atoms with Crippen LogP contribution in [0.15, 0.2) is 43.0 Å². The second-order valence-corrected chi connectivity index (χ2v) is 16.7. The third kappa shape index (κ3) is 5.67. The number of rotatable bonds is 10. The van der Waals surface area contributed by atoms with Crippen molar-refractivity contribution in [3.05, 3.63) is 48.0 Å². The van der Waals surface area contributed by atoms with E-state index in [1.54, 1.807) is 0 Å². The Balaban J connectivity index is 1.21. The normalized spacial score (nSPS) is 24.5. The minimum Gasteiger partial charge on any atom is -0.456 e. The van der Waals surface area contributed by atoms with Gasteiger partial charge < -0.3 is 23.8 Å². The fourth-order valence-corrected chi connectivity index (χ4v) is 6.39. The Morgan fingerprint density at radius 2 is 1.76 bits per heavy atom. The van der Waals surface area contributed by atoms with Crippen molar-refractivity contribution >= 4 is 37.2 Å². The number of aromatic nitrogens is 3. The van der Waals surface area contributed by atoms with E-state index in [9.17, 15) is 0 Å². The summed E-state index contributed by atoms with van der Waals surface area (Å²) in [4.78, 5) is 12.1. The van der Waals surface area contributed by atoms with E-state index in [-0.39, 0.29) is 29.5 Å². The molecule has 0 amide bonds. The number of allylic oxidation sites excluding steroid dienone is 1. The molecule has 6 rings (SSSR count). The van der Waals surface area contributed by atoms with Gasteiger partial charge in [-0.2, -0.15) is 4.98 Å². The van der Waals surface area contributed by atoms with Crippen LogP contribution in [0.1, 0.15) is 26.7 Å². The van der Waals surface area contributed by atoms with Crippen LogP contribution in [0, 0.1) is 0 Å². The number of pyridine rings is 1. The molecule has 1 aromatic carbocycles. The topological polar surface area (TPSA) is 70.9 Å². The van der Waals surface area contributed by atoms with E-state index in [0.29, 0.717) is 48.7 Å². The Morgan fingerprint density at radius 1 is 1.07 bits per heavy atom. The number of benzene rings is 1. The minimum atomic E-state index is -0.860. The quantitative estimate of drug-likeness (QED) is 0.218. The first kappa shape index (κ1) is 28.7. The summed E-state index contributed by atoms with van der Waals surface area (Å²) in [7, 11) is -0.860. The van der Waals surface area contributed by atoms with E-state index in [1.807, 2.05) is 16.7 Å². The molecule has 0 bridgehead atoms. The molecule has 41 heavy (non-hydrogen) atoms. The first-order valence-electron chi connectivity index (χ1n) is 14.8. The first-order chi connectivity index (χ1) is 19.7. The zero-order valence-corrected chi connectivity index (χ0v) is 26.4. The van der Waals surface area contributed by atoms with Crippen LogP contribution >= 0.6 is 11.6 Å². The Labute approximate surface area is 249 Å². The second-order valence-electron chi connectivity index (χ2n) is 12.4. The van der Waals surface area contributed by atoms with Gasteiger partial charge in [-0.05, 0) is 36.1 Å². The van der Waals surface area contributed by atoms with Gasteiger partial charge in [-0.3, -0.25) is 4.57 Å². The van der Waals surface area contributed by atoms with E-state index in [4.69, 9.17) is 40.5 Å². The Hall–Kier alpha value is -2.43. The molecule has 0 saturated carbocycles. The number of hydrogen-bond acceptors (Lipinski definition) is 7. The summed E-state index contributed by atoms with van der Waals surface area (Å²) in [6.45, 7) is 17.6. The molecule has 3 aliphatic rings. The van der Waals surface area contributed by atoms with Gasteiger partial charge in [-0.15, -0.1) is 6.58 Å². The van der Waals surface area contributed by atoms with Crippen LogP contribution in [0.5, 0.6) is 6.01 Å². The molecule has 0 spiro atoms. The summed E-state index contributed by atoms with van der Waals surface area (Å²) in [5.41, 5.74) is 4.28. The highest BCUT2D eigenvalue weighted by Gasteiger charge is 2.50. The van der Waals surface area contributed by atoms with Gasteiger partial charge in [0.25, 0.3) is 6.01 Å². The fourth-order valence-electron chi connectivity index (χ4n) is 5.70. The van der Waals surface area contributed by atoms with Crippen molar-refractivity contribution in [1.29, 1.82) is 0 Å². The smallest absolute Gasteiger partial charge is 0.299 e. The fraction of sp³-hybridized carbons (Fsp3) is 0.548. The standard InChI is InChI=1S/C31H41ClN4O4Si/c1-6-13-36-23-16-22(32)26(20-9-11-21(12-10-20)35-14-7-8-15-35)33-29(23)34-30(36)40-25-18-38-27-24(17-37-28(25)27)39-19-31(2,3)41(4)5/h6,9-12,16,24-25,27-28,41H,1,7-8,13-15,17-19H2,2-5H3/t24-,25-,27+,28-/m1/s1. The van der Waals surface area contributed by atoms with Crippen LogP contribution in [-0.2, 0) is 20.8 Å². The van der Waals surface area contributed by atoms with Crippen molar-refractivity contribution in [2.24, 2.45) is 0 Å². The predicted molar refractivity (Wildman–Crippen MR) is 166 cm³/mol. The maximum absolute atomic E-state index is 6.79. The monoisotopic (exact) mass is 596 g/mol. The molecule has 220 valence electrons. The molecule has 10 heteroatoms. The lowest BCUT2D eigenvalue weighted by molar-refractivity contribution is -0.0420. The Morgan fingerprint density at radius 3 is 2.44 bits per heavy atom. The molecule has 0 radical (unpaired) electrons. The van der Waals surface area contributed by atoms with Crippen LogP contribution in [0.2, 0.25) is 23.2 Å². The van der Waals surface area contributed by atoms with Gasteiger partial charge in [-0.25, -0.2) is 4.98 Å².